The first-order valence-corrected chi connectivity index (χ1v) is 17.9. The lowest BCUT2D eigenvalue weighted by atomic mass is 9.77. The minimum atomic E-state index is 0.176. The van der Waals surface area contributed by atoms with Gasteiger partial charge < -0.3 is 5.73 Å². The molecule has 2 aliphatic carbocycles. The van der Waals surface area contributed by atoms with Gasteiger partial charge in [-0.25, -0.2) is 0 Å². The molecular formula is C48H45N3. The Morgan fingerprint density at radius 1 is 0.824 bits per heavy atom. The van der Waals surface area contributed by atoms with E-state index in [0.717, 1.165) is 51.3 Å². The SMILES string of the molecule is CCC.Cc1cccc(-c2ccc(-c3cccc(C#N)c3)cc2)c1C1C=C(/C(N)=C/C=C2/C=Cc3ccc(-c4ccccc4)nc3C2)C=CC1C. The molecule has 0 fully saturated rings. The molecule has 2 N–H and O–H groups in total. The molecular weight excluding hydrogens is 619 g/mol. The maximum absolute atomic E-state index is 9.34. The summed E-state index contributed by atoms with van der Waals surface area (Å²) in [4.78, 5) is 4.99. The second kappa shape index (κ2) is 16.2. The van der Waals surface area contributed by atoms with Crippen molar-refractivity contribution in [2.45, 2.75) is 46.5 Å². The molecule has 252 valence electrons. The summed E-state index contributed by atoms with van der Waals surface area (Å²) < 4.78 is 0. The van der Waals surface area contributed by atoms with Gasteiger partial charge in [0.15, 0.2) is 0 Å². The summed E-state index contributed by atoms with van der Waals surface area (Å²) in [7, 11) is 0. The maximum atomic E-state index is 9.34. The van der Waals surface area contributed by atoms with E-state index in [9.17, 15) is 5.26 Å². The molecule has 2 aliphatic rings. The second-order valence-electron chi connectivity index (χ2n) is 13.4. The van der Waals surface area contributed by atoms with E-state index in [1.165, 1.54) is 34.2 Å². The van der Waals surface area contributed by atoms with Crippen LogP contribution in [-0.2, 0) is 6.42 Å². The third kappa shape index (κ3) is 8.09. The molecule has 5 aromatic rings. The van der Waals surface area contributed by atoms with Crippen molar-refractivity contribution < 1.29 is 0 Å². The van der Waals surface area contributed by atoms with Crippen molar-refractivity contribution in [3.63, 3.8) is 0 Å². The summed E-state index contributed by atoms with van der Waals surface area (Å²) in [5.41, 5.74) is 21.9. The largest absolute Gasteiger partial charge is 0.398 e. The van der Waals surface area contributed by atoms with Crippen molar-refractivity contribution in [1.29, 1.82) is 5.26 Å². The molecule has 1 heterocycles. The normalized spacial score (nSPS) is 17.2. The van der Waals surface area contributed by atoms with Gasteiger partial charge in [0.2, 0.25) is 0 Å². The summed E-state index contributed by atoms with van der Waals surface area (Å²) >= 11 is 0. The molecule has 0 saturated carbocycles. The van der Waals surface area contributed by atoms with E-state index in [1.807, 2.05) is 48.5 Å². The van der Waals surface area contributed by atoms with Crippen LogP contribution < -0.4 is 5.73 Å². The zero-order chi connectivity index (χ0) is 35.7. The van der Waals surface area contributed by atoms with Gasteiger partial charge in [0.25, 0.3) is 0 Å². The maximum Gasteiger partial charge on any atom is 0.0991 e. The van der Waals surface area contributed by atoms with Crippen LogP contribution in [0.1, 0.15) is 61.1 Å². The quantitative estimate of drug-likeness (QED) is 0.197. The lowest BCUT2D eigenvalue weighted by molar-refractivity contribution is 0.629. The van der Waals surface area contributed by atoms with E-state index in [2.05, 4.69) is 137 Å². The van der Waals surface area contributed by atoms with Crippen LogP contribution in [0.5, 0.6) is 0 Å². The molecule has 0 spiro atoms. The van der Waals surface area contributed by atoms with Gasteiger partial charge in [0.05, 0.1) is 23.0 Å². The number of hydrogen-bond donors (Lipinski definition) is 1. The van der Waals surface area contributed by atoms with Crippen molar-refractivity contribution >= 4 is 6.08 Å². The molecule has 0 saturated heterocycles. The van der Waals surface area contributed by atoms with Crippen LogP contribution in [0.15, 0.2) is 162 Å². The molecule has 4 aromatic carbocycles. The Balaban J connectivity index is 0.00000144. The predicted molar refractivity (Wildman–Crippen MR) is 215 cm³/mol. The van der Waals surface area contributed by atoms with Gasteiger partial charge in [-0.2, -0.15) is 5.26 Å². The number of fused-ring (bicyclic) bond motifs is 1. The topological polar surface area (TPSA) is 62.7 Å². The van der Waals surface area contributed by atoms with Crippen LogP contribution in [0.3, 0.4) is 0 Å². The fourth-order valence-electron chi connectivity index (χ4n) is 6.73. The van der Waals surface area contributed by atoms with Gasteiger partial charge in [-0.3, -0.25) is 4.98 Å². The van der Waals surface area contributed by atoms with Crippen molar-refractivity contribution in [1.82, 2.24) is 4.98 Å². The predicted octanol–water partition coefficient (Wildman–Crippen LogP) is 11.9. The number of hydrogen-bond acceptors (Lipinski definition) is 3. The third-order valence-corrected chi connectivity index (χ3v) is 9.42. The lowest BCUT2D eigenvalue weighted by Crippen LogP contribution is -2.14. The summed E-state index contributed by atoms with van der Waals surface area (Å²) in [5, 5.41) is 9.34. The molecule has 1 aromatic heterocycles. The third-order valence-electron chi connectivity index (χ3n) is 9.42. The highest BCUT2D eigenvalue weighted by molar-refractivity contribution is 5.75. The Kier molecular flexibility index (Phi) is 11.0. The Hall–Kier alpha value is -5.98. The highest BCUT2D eigenvalue weighted by Gasteiger charge is 2.24. The average Bonchev–Trinajstić information content (AvgIpc) is 3.17. The van der Waals surface area contributed by atoms with Gasteiger partial charge in [-0.05, 0) is 87.2 Å². The summed E-state index contributed by atoms with van der Waals surface area (Å²) in [6, 6.07) is 39.8. The van der Waals surface area contributed by atoms with Crippen molar-refractivity contribution in [3.8, 4) is 39.6 Å². The van der Waals surface area contributed by atoms with Gasteiger partial charge >= 0.3 is 0 Å². The number of aromatic nitrogens is 1. The Morgan fingerprint density at radius 3 is 2.31 bits per heavy atom. The summed E-state index contributed by atoms with van der Waals surface area (Å²) in [6.45, 7) is 8.73. The monoisotopic (exact) mass is 663 g/mol. The molecule has 0 aliphatic heterocycles. The molecule has 0 bridgehead atoms. The molecule has 51 heavy (non-hydrogen) atoms. The van der Waals surface area contributed by atoms with Gasteiger partial charge in [-0.15, -0.1) is 0 Å². The Labute approximate surface area is 303 Å². The van der Waals surface area contributed by atoms with Crippen molar-refractivity contribution in [2.75, 3.05) is 0 Å². The Bertz CT molecular complexity index is 2210. The number of nitrogens with zero attached hydrogens (tertiary/aromatic N) is 2. The molecule has 0 amide bonds. The molecule has 2 atom stereocenters. The van der Waals surface area contributed by atoms with Crippen LogP contribution in [0.25, 0.3) is 39.6 Å². The van der Waals surface area contributed by atoms with E-state index < -0.39 is 0 Å². The first-order chi connectivity index (χ1) is 24.9. The molecule has 3 nitrogen and oxygen atoms in total. The minimum Gasteiger partial charge on any atom is -0.398 e. The van der Waals surface area contributed by atoms with Crippen LogP contribution >= 0.6 is 0 Å². The van der Waals surface area contributed by atoms with Crippen molar-refractivity contribution in [2.24, 2.45) is 11.7 Å². The highest BCUT2D eigenvalue weighted by Crippen LogP contribution is 2.41. The number of nitrogens with two attached hydrogens (primary N) is 1. The highest BCUT2D eigenvalue weighted by atomic mass is 14.7. The number of nitriles is 1. The molecule has 2 unspecified atom stereocenters. The lowest BCUT2D eigenvalue weighted by Gasteiger charge is -2.28. The fourth-order valence-corrected chi connectivity index (χ4v) is 6.73. The van der Waals surface area contributed by atoms with Crippen LogP contribution in [-0.4, -0.2) is 4.98 Å². The first kappa shape index (κ1) is 34.9. The summed E-state index contributed by atoms with van der Waals surface area (Å²) in [5.74, 6) is 0.491. The van der Waals surface area contributed by atoms with E-state index in [-0.39, 0.29) is 5.92 Å². The number of rotatable bonds is 6. The zero-order valence-corrected chi connectivity index (χ0v) is 30.0. The van der Waals surface area contributed by atoms with Gasteiger partial charge in [-0.1, -0.05) is 155 Å². The fraction of sp³-hybridized carbons (Fsp3) is 0.167. The smallest absolute Gasteiger partial charge is 0.0991 e. The first-order valence-electron chi connectivity index (χ1n) is 17.9. The van der Waals surface area contributed by atoms with Gasteiger partial charge in [0.1, 0.15) is 0 Å². The summed E-state index contributed by atoms with van der Waals surface area (Å²) in [6.07, 6.45) is 17.3. The number of benzene rings is 4. The number of allylic oxidation sites excluding steroid dienone is 7. The van der Waals surface area contributed by atoms with Crippen LogP contribution in [0.4, 0.5) is 0 Å². The zero-order valence-electron chi connectivity index (χ0n) is 30.0. The standard InChI is InChI=1S/C45H37N3.C3H8/c1-30-14-17-39(42(47)24-16-32-15-18-37-23-25-43(48-44(37)27-32)36-10-4-3-5-11-36)28-41(30)45-31(2)8-6-13-40(45)35-21-19-34(20-22-35)38-12-7-9-33(26-38)29-46;1-3-2/h3-26,28,30,41H,27,47H2,1-2H3;3H2,1-2H3/b32-16-,42-24-;. The number of pyridine rings is 1. The van der Waals surface area contributed by atoms with E-state index in [4.69, 9.17) is 10.7 Å². The van der Waals surface area contributed by atoms with Crippen LogP contribution in [0.2, 0.25) is 0 Å². The van der Waals surface area contributed by atoms with Crippen LogP contribution in [0, 0.1) is 24.2 Å². The van der Waals surface area contributed by atoms with E-state index >= 15 is 0 Å². The van der Waals surface area contributed by atoms with Crippen molar-refractivity contribution in [3.05, 3.63) is 190 Å². The second-order valence-corrected chi connectivity index (χ2v) is 13.4. The van der Waals surface area contributed by atoms with E-state index in [0.29, 0.717) is 11.5 Å². The van der Waals surface area contributed by atoms with Gasteiger partial charge in [0, 0.05) is 23.6 Å². The minimum absolute atomic E-state index is 0.176. The molecule has 3 heteroatoms. The molecule has 0 radical (unpaired) electrons. The van der Waals surface area contributed by atoms with E-state index in [1.54, 1.807) is 0 Å². The Morgan fingerprint density at radius 2 is 1.55 bits per heavy atom. The molecule has 7 rings (SSSR count). The number of aryl methyl sites for hydroxylation is 1. The average molecular weight is 664 g/mol.